The van der Waals surface area contributed by atoms with Crippen LogP contribution in [0.15, 0.2) is 41.5 Å². The third-order valence-corrected chi connectivity index (χ3v) is 3.82. The number of esters is 1. The molecule has 0 amide bonds. The van der Waals surface area contributed by atoms with Gasteiger partial charge >= 0.3 is 5.97 Å². The van der Waals surface area contributed by atoms with Gasteiger partial charge in [0.2, 0.25) is 0 Å². The summed E-state index contributed by atoms with van der Waals surface area (Å²) in [6.07, 6.45) is 1.76. The minimum atomic E-state index is -0.723. The molecule has 0 bridgehead atoms. The number of carbonyl (C=O) groups is 1. The molecule has 0 aliphatic rings. The summed E-state index contributed by atoms with van der Waals surface area (Å²) in [4.78, 5) is 28.7. The Morgan fingerprint density at radius 3 is 2.71 bits per heavy atom. The number of aromatic nitrogens is 5. The zero-order valence-corrected chi connectivity index (χ0v) is 13.4. The van der Waals surface area contributed by atoms with E-state index in [4.69, 9.17) is 4.74 Å². The second-order valence-electron chi connectivity index (χ2n) is 5.31. The van der Waals surface area contributed by atoms with Crippen LogP contribution in [0.25, 0.3) is 11.2 Å². The predicted octanol–water partition coefficient (Wildman–Crippen LogP) is 1.16. The van der Waals surface area contributed by atoms with Crippen molar-refractivity contribution in [2.75, 3.05) is 7.11 Å². The van der Waals surface area contributed by atoms with Gasteiger partial charge in [0, 0.05) is 0 Å². The summed E-state index contributed by atoms with van der Waals surface area (Å²) in [6, 6.07) is 8.97. The molecule has 0 fully saturated rings. The van der Waals surface area contributed by atoms with E-state index in [1.165, 1.54) is 18.0 Å². The first-order chi connectivity index (χ1) is 11.7. The molecule has 2 aromatic heterocycles. The van der Waals surface area contributed by atoms with Crippen LogP contribution in [-0.4, -0.2) is 37.6 Å². The van der Waals surface area contributed by atoms with E-state index in [1.807, 2.05) is 30.3 Å². The molecule has 0 N–H and O–H groups in total. The molecule has 0 saturated heterocycles. The Morgan fingerprint density at radius 1 is 1.29 bits per heavy atom. The normalized spacial score (nSPS) is 12.2. The second-order valence-corrected chi connectivity index (χ2v) is 5.31. The average molecular weight is 327 g/mol. The van der Waals surface area contributed by atoms with Gasteiger partial charge in [-0.15, -0.1) is 5.10 Å². The smallest absolute Gasteiger partial charge is 0.329 e. The second kappa shape index (κ2) is 6.61. The molecule has 0 radical (unpaired) electrons. The first-order valence-electron chi connectivity index (χ1n) is 7.57. The van der Waals surface area contributed by atoms with Crippen molar-refractivity contribution in [1.29, 1.82) is 0 Å². The number of hydrogen-bond acceptors (Lipinski definition) is 6. The van der Waals surface area contributed by atoms with E-state index < -0.39 is 17.6 Å². The summed E-state index contributed by atoms with van der Waals surface area (Å²) in [5, 5.41) is 7.96. The molecule has 2 heterocycles. The van der Waals surface area contributed by atoms with Crippen molar-refractivity contribution in [2.45, 2.75) is 25.9 Å². The maximum Gasteiger partial charge on any atom is 0.329 e. The lowest BCUT2D eigenvalue weighted by molar-refractivity contribution is -0.144. The Bertz CT molecular complexity index is 916. The number of nitrogens with zero attached hydrogens (tertiary/aromatic N) is 5. The van der Waals surface area contributed by atoms with E-state index in [0.29, 0.717) is 18.6 Å². The van der Waals surface area contributed by atoms with Gasteiger partial charge in [-0.05, 0) is 12.0 Å². The summed E-state index contributed by atoms with van der Waals surface area (Å²) < 4.78 is 7.55. The lowest BCUT2D eigenvalue weighted by atomic mass is 10.2. The standard InChI is InChI=1S/C16H17N5O3/c1-3-12(16(23)24-2)20-10-17-14-13(15(20)22)18-19-21(14)9-11-7-5-4-6-8-11/h4-8,10,12H,3,9H2,1-2H3/t12-/m1/s1. The fourth-order valence-electron chi connectivity index (χ4n) is 2.56. The van der Waals surface area contributed by atoms with Gasteiger partial charge in [0.05, 0.1) is 13.7 Å². The lowest BCUT2D eigenvalue weighted by Gasteiger charge is -2.14. The fraction of sp³-hybridized carbons (Fsp3) is 0.312. The van der Waals surface area contributed by atoms with Crippen molar-refractivity contribution in [3.05, 3.63) is 52.6 Å². The van der Waals surface area contributed by atoms with Crippen molar-refractivity contribution in [1.82, 2.24) is 24.5 Å². The van der Waals surface area contributed by atoms with E-state index in [0.717, 1.165) is 5.56 Å². The molecular formula is C16H17N5O3. The van der Waals surface area contributed by atoms with Crippen LogP contribution in [0.1, 0.15) is 24.9 Å². The van der Waals surface area contributed by atoms with Crippen molar-refractivity contribution in [3.63, 3.8) is 0 Å². The van der Waals surface area contributed by atoms with Gasteiger partial charge in [0.15, 0.2) is 11.2 Å². The maximum atomic E-state index is 12.6. The highest BCUT2D eigenvalue weighted by Gasteiger charge is 2.23. The monoisotopic (exact) mass is 327 g/mol. The summed E-state index contributed by atoms with van der Waals surface area (Å²) in [7, 11) is 1.29. The summed E-state index contributed by atoms with van der Waals surface area (Å²) >= 11 is 0. The van der Waals surface area contributed by atoms with Gasteiger partial charge in [-0.1, -0.05) is 42.5 Å². The molecule has 3 aromatic rings. The Labute approximate surface area is 137 Å². The number of methoxy groups -OCH3 is 1. The third kappa shape index (κ3) is 2.78. The highest BCUT2D eigenvalue weighted by molar-refractivity contribution is 5.75. The molecule has 1 atom stereocenters. The predicted molar refractivity (Wildman–Crippen MR) is 86.5 cm³/mol. The Morgan fingerprint density at radius 2 is 2.04 bits per heavy atom. The summed E-state index contributed by atoms with van der Waals surface area (Å²) in [5.41, 5.74) is 1.14. The number of hydrogen-bond donors (Lipinski definition) is 0. The zero-order valence-electron chi connectivity index (χ0n) is 13.4. The van der Waals surface area contributed by atoms with E-state index in [-0.39, 0.29) is 5.52 Å². The highest BCUT2D eigenvalue weighted by Crippen LogP contribution is 2.13. The number of rotatable bonds is 5. The molecule has 0 saturated carbocycles. The molecule has 3 rings (SSSR count). The number of benzene rings is 1. The molecule has 0 spiro atoms. The molecule has 124 valence electrons. The maximum absolute atomic E-state index is 12.6. The first-order valence-corrected chi connectivity index (χ1v) is 7.57. The van der Waals surface area contributed by atoms with Gasteiger partial charge in [-0.2, -0.15) is 0 Å². The van der Waals surface area contributed by atoms with Crippen molar-refractivity contribution in [2.24, 2.45) is 0 Å². The Kier molecular flexibility index (Phi) is 4.37. The van der Waals surface area contributed by atoms with Crippen LogP contribution in [-0.2, 0) is 16.1 Å². The minimum Gasteiger partial charge on any atom is -0.467 e. The lowest BCUT2D eigenvalue weighted by Crippen LogP contribution is -2.30. The quantitative estimate of drug-likeness (QED) is 0.653. The molecule has 0 aliphatic carbocycles. The molecule has 24 heavy (non-hydrogen) atoms. The van der Waals surface area contributed by atoms with Crippen molar-refractivity contribution in [3.8, 4) is 0 Å². The van der Waals surface area contributed by atoms with E-state index in [2.05, 4.69) is 15.3 Å². The summed E-state index contributed by atoms with van der Waals surface area (Å²) in [6.45, 7) is 2.26. The number of carbonyl (C=O) groups excluding carboxylic acids is 1. The van der Waals surface area contributed by atoms with Crippen LogP contribution in [0.4, 0.5) is 0 Å². The van der Waals surface area contributed by atoms with Crippen LogP contribution >= 0.6 is 0 Å². The zero-order chi connectivity index (χ0) is 17.1. The molecule has 0 unspecified atom stereocenters. The number of fused-ring (bicyclic) bond motifs is 1. The average Bonchev–Trinajstić information content (AvgIpc) is 3.02. The molecule has 8 nitrogen and oxygen atoms in total. The van der Waals surface area contributed by atoms with Crippen LogP contribution in [0.3, 0.4) is 0 Å². The Hall–Kier alpha value is -3.03. The Balaban J connectivity index is 2.02. The van der Waals surface area contributed by atoms with Gasteiger partial charge in [-0.3, -0.25) is 9.36 Å². The van der Waals surface area contributed by atoms with Crippen LogP contribution in [0.2, 0.25) is 0 Å². The molecule has 1 aromatic carbocycles. The van der Waals surface area contributed by atoms with Crippen molar-refractivity contribution < 1.29 is 9.53 Å². The molecule has 0 aliphatic heterocycles. The fourth-order valence-corrected chi connectivity index (χ4v) is 2.56. The van der Waals surface area contributed by atoms with E-state index >= 15 is 0 Å². The SMILES string of the molecule is CC[C@H](C(=O)OC)n1cnc2c(nnn2Cc2ccccc2)c1=O. The van der Waals surface area contributed by atoms with Crippen molar-refractivity contribution >= 4 is 17.1 Å². The van der Waals surface area contributed by atoms with E-state index in [1.54, 1.807) is 11.6 Å². The van der Waals surface area contributed by atoms with Gasteiger partial charge in [0.25, 0.3) is 5.56 Å². The summed E-state index contributed by atoms with van der Waals surface area (Å²) in [5.74, 6) is -0.488. The first kappa shape index (κ1) is 15.9. The van der Waals surface area contributed by atoms with Crippen LogP contribution < -0.4 is 5.56 Å². The van der Waals surface area contributed by atoms with E-state index in [9.17, 15) is 9.59 Å². The largest absolute Gasteiger partial charge is 0.467 e. The minimum absolute atomic E-state index is 0.135. The van der Waals surface area contributed by atoms with Gasteiger partial charge in [-0.25, -0.2) is 14.5 Å². The number of ether oxygens (including phenoxy) is 1. The molecular weight excluding hydrogens is 310 g/mol. The van der Waals surface area contributed by atoms with Crippen LogP contribution in [0.5, 0.6) is 0 Å². The van der Waals surface area contributed by atoms with Gasteiger partial charge in [0.1, 0.15) is 12.4 Å². The highest BCUT2D eigenvalue weighted by atomic mass is 16.5. The topological polar surface area (TPSA) is 91.9 Å². The van der Waals surface area contributed by atoms with Gasteiger partial charge < -0.3 is 4.74 Å². The third-order valence-electron chi connectivity index (χ3n) is 3.82. The van der Waals surface area contributed by atoms with Crippen LogP contribution in [0, 0.1) is 0 Å². The molecule has 8 heteroatoms.